The van der Waals surface area contributed by atoms with Crippen LogP contribution in [0.1, 0.15) is 66.7 Å². The molecule has 100 valence electrons. The van der Waals surface area contributed by atoms with E-state index in [1.54, 1.807) is 13.8 Å². The second-order valence-electron chi connectivity index (χ2n) is 6.76. The molecule has 0 unspecified atom stereocenters. The van der Waals surface area contributed by atoms with E-state index in [2.05, 4.69) is 5.32 Å². The van der Waals surface area contributed by atoms with Crippen LogP contribution in [0.25, 0.3) is 0 Å². The second kappa shape index (κ2) is 4.60. The first-order valence-corrected chi connectivity index (χ1v) is 6.63. The lowest BCUT2D eigenvalue weighted by Gasteiger charge is -2.42. The minimum absolute atomic E-state index is 0.0873. The van der Waals surface area contributed by atoms with Crippen molar-refractivity contribution in [1.29, 1.82) is 0 Å². The molecule has 3 heteroatoms. The van der Waals surface area contributed by atoms with Gasteiger partial charge in [0.1, 0.15) is 0 Å². The van der Waals surface area contributed by atoms with Crippen molar-refractivity contribution >= 4 is 5.91 Å². The molecule has 3 nitrogen and oxygen atoms in total. The number of nitrogens with one attached hydrogen (secondary N) is 1. The average molecular weight is 241 g/mol. The van der Waals surface area contributed by atoms with Gasteiger partial charge in [0.15, 0.2) is 0 Å². The Hall–Kier alpha value is -0.570. The summed E-state index contributed by atoms with van der Waals surface area (Å²) in [5.41, 5.74) is -1.78. The molecule has 0 aromatic carbocycles. The van der Waals surface area contributed by atoms with Crippen LogP contribution in [0, 0.1) is 5.41 Å². The van der Waals surface area contributed by atoms with Crippen LogP contribution in [-0.4, -0.2) is 22.2 Å². The molecule has 0 heterocycles. The SMILES string of the molecule is CC1(C(=O)NC(C)(C)C(C)(C)O)CCCCC1. The van der Waals surface area contributed by atoms with Crippen molar-refractivity contribution < 1.29 is 9.90 Å². The molecule has 1 amide bonds. The molecule has 1 aliphatic rings. The van der Waals surface area contributed by atoms with Gasteiger partial charge < -0.3 is 10.4 Å². The summed E-state index contributed by atoms with van der Waals surface area (Å²) in [5, 5.41) is 13.1. The van der Waals surface area contributed by atoms with E-state index in [0.717, 1.165) is 25.7 Å². The fraction of sp³-hybridized carbons (Fsp3) is 0.929. The van der Waals surface area contributed by atoms with Crippen LogP contribution in [-0.2, 0) is 4.79 Å². The van der Waals surface area contributed by atoms with Crippen LogP contribution in [0.2, 0.25) is 0 Å². The van der Waals surface area contributed by atoms with Crippen molar-refractivity contribution in [3.63, 3.8) is 0 Å². The number of carbonyl (C=O) groups excluding carboxylic acids is 1. The number of hydrogen-bond donors (Lipinski definition) is 2. The number of aliphatic hydroxyl groups is 1. The summed E-state index contributed by atoms with van der Waals surface area (Å²) in [6.07, 6.45) is 5.42. The molecule has 0 atom stereocenters. The van der Waals surface area contributed by atoms with Gasteiger partial charge in [-0.2, -0.15) is 0 Å². The fourth-order valence-corrected chi connectivity index (χ4v) is 2.15. The standard InChI is InChI=1S/C14H27NO2/c1-12(2,13(3,4)17)15-11(16)14(5)9-7-6-8-10-14/h17H,6-10H2,1-5H3,(H,15,16). The highest BCUT2D eigenvalue weighted by molar-refractivity contribution is 5.83. The highest BCUT2D eigenvalue weighted by Crippen LogP contribution is 2.36. The highest BCUT2D eigenvalue weighted by atomic mass is 16.3. The van der Waals surface area contributed by atoms with Gasteiger partial charge in [0.05, 0.1) is 11.1 Å². The Balaban J connectivity index is 2.71. The van der Waals surface area contributed by atoms with E-state index in [1.807, 2.05) is 20.8 Å². The molecular weight excluding hydrogens is 214 g/mol. The first-order valence-electron chi connectivity index (χ1n) is 6.63. The van der Waals surface area contributed by atoms with E-state index in [4.69, 9.17) is 0 Å². The van der Waals surface area contributed by atoms with Crippen LogP contribution in [0.3, 0.4) is 0 Å². The topological polar surface area (TPSA) is 49.3 Å². The quantitative estimate of drug-likeness (QED) is 0.798. The van der Waals surface area contributed by atoms with Crippen LogP contribution >= 0.6 is 0 Å². The lowest BCUT2D eigenvalue weighted by molar-refractivity contribution is -0.137. The van der Waals surface area contributed by atoms with Crippen LogP contribution in [0.4, 0.5) is 0 Å². The van der Waals surface area contributed by atoms with Gasteiger partial charge in [-0.3, -0.25) is 4.79 Å². The second-order valence-corrected chi connectivity index (χ2v) is 6.76. The molecule has 2 N–H and O–H groups in total. The van der Waals surface area contributed by atoms with Gasteiger partial charge in [-0.25, -0.2) is 0 Å². The summed E-state index contributed by atoms with van der Waals surface area (Å²) < 4.78 is 0. The first-order chi connectivity index (χ1) is 7.58. The maximum Gasteiger partial charge on any atom is 0.226 e. The predicted molar refractivity (Wildman–Crippen MR) is 69.7 cm³/mol. The minimum atomic E-state index is -0.923. The van der Waals surface area contributed by atoms with Crippen molar-refractivity contribution in [1.82, 2.24) is 5.32 Å². The van der Waals surface area contributed by atoms with E-state index in [0.29, 0.717) is 0 Å². The molecule has 1 aliphatic carbocycles. The van der Waals surface area contributed by atoms with Gasteiger partial charge >= 0.3 is 0 Å². The van der Waals surface area contributed by atoms with Crippen molar-refractivity contribution in [3.8, 4) is 0 Å². The van der Waals surface area contributed by atoms with Crippen LogP contribution in [0.15, 0.2) is 0 Å². The van der Waals surface area contributed by atoms with E-state index in [9.17, 15) is 9.90 Å². The summed E-state index contributed by atoms with van der Waals surface area (Å²) in [6.45, 7) is 9.25. The van der Waals surface area contributed by atoms with E-state index in [-0.39, 0.29) is 11.3 Å². The average Bonchev–Trinajstić information content (AvgIpc) is 2.16. The number of carbonyl (C=O) groups is 1. The highest BCUT2D eigenvalue weighted by Gasteiger charge is 2.41. The summed E-state index contributed by atoms with van der Waals surface area (Å²) in [5.74, 6) is 0.0873. The Morgan fingerprint density at radius 3 is 2.00 bits per heavy atom. The van der Waals surface area contributed by atoms with Gasteiger partial charge in [0.2, 0.25) is 5.91 Å². The Kier molecular flexibility index (Phi) is 3.92. The summed E-state index contributed by atoms with van der Waals surface area (Å²) in [7, 11) is 0. The smallest absolute Gasteiger partial charge is 0.226 e. The zero-order valence-electron chi connectivity index (χ0n) is 11.9. The van der Waals surface area contributed by atoms with Gasteiger partial charge in [-0.1, -0.05) is 26.2 Å². The molecule has 17 heavy (non-hydrogen) atoms. The first kappa shape index (κ1) is 14.5. The molecule has 0 aliphatic heterocycles. The fourth-order valence-electron chi connectivity index (χ4n) is 2.15. The van der Waals surface area contributed by atoms with Crippen molar-refractivity contribution in [3.05, 3.63) is 0 Å². The van der Waals surface area contributed by atoms with E-state index in [1.165, 1.54) is 6.42 Å². The van der Waals surface area contributed by atoms with Crippen molar-refractivity contribution in [2.75, 3.05) is 0 Å². The third-order valence-electron chi connectivity index (χ3n) is 4.46. The molecule has 1 fully saturated rings. The Morgan fingerprint density at radius 2 is 1.59 bits per heavy atom. The molecule has 0 bridgehead atoms. The monoisotopic (exact) mass is 241 g/mol. The summed E-state index contributed by atoms with van der Waals surface area (Å²) in [6, 6.07) is 0. The summed E-state index contributed by atoms with van der Waals surface area (Å²) in [4.78, 5) is 12.4. The minimum Gasteiger partial charge on any atom is -0.388 e. The Labute approximate surface area is 105 Å². The molecule has 0 aromatic heterocycles. The maximum absolute atomic E-state index is 12.4. The van der Waals surface area contributed by atoms with Crippen LogP contribution < -0.4 is 5.32 Å². The lowest BCUT2D eigenvalue weighted by atomic mass is 9.74. The Morgan fingerprint density at radius 1 is 1.12 bits per heavy atom. The molecule has 1 saturated carbocycles. The van der Waals surface area contributed by atoms with Crippen molar-refractivity contribution in [2.24, 2.45) is 5.41 Å². The zero-order chi connectivity index (χ0) is 13.3. The third kappa shape index (κ3) is 3.21. The largest absolute Gasteiger partial charge is 0.388 e. The number of hydrogen-bond acceptors (Lipinski definition) is 2. The summed E-state index contributed by atoms with van der Waals surface area (Å²) >= 11 is 0. The number of rotatable bonds is 3. The number of amides is 1. The molecule has 0 spiro atoms. The van der Waals surface area contributed by atoms with Crippen LogP contribution in [0.5, 0.6) is 0 Å². The van der Waals surface area contributed by atoms with E-state index >= 15 is 0 Å². The maximum atomic E-state index is 12.4. The Bertz CT molecular complexity index is 283. The van der Waals surface area contributed by atoms with Gasteiger partial charge in [-0.05, 0) is 40.5 Å². The van der Waals surface area contributed by atoms with Gasteiger partial charge in [-0.15, -0.1) is 0 Å². The van der Waals surface area contributed by atoms with Gasteiger partial charge in [0, 0.05) is 5.41 Å². The molecule has 1 rings (SSSR count). The third-order valence-corrected chi connectivity index (χ3v) is 4.46. The van der Waals surface area contributed by atoms with E-state index < -0.39 is 11.1 Å². The normalized spacial score (nSPS) is 21.1. The predicted octanol–water partition coefficient (Wildman–Crippen LogP) is 2.62. The molecule has 0 radical (unpaired) electrons. The van der Waals surface area contributed by atoms with Gasteiger partial charge in [0.25, 0.3) is 0 Å². The lowest BCUT2D eigenvalue weighted by Crippen LogP contribution is -2.60. The zero-order valence-corrected chi connectivity index (χ0v) is 11.9. The van der Waals surface area contributed by atoms with Crippen molar-refractivity contribution in [2.45, 2.75) is 77.9 Å². The molecule has 0 aromatic rings. The molecular formula is C14H27NO2. The molecule has 0 saturated heterocycles.